The lowest BCUT2D eigenvalue weighted by Crippen LogP contribution is -2.42. The lowest BCUT2D eigenvalue weighted by atomic mass is 9.99. The van der Waals surface area contributed by atoms with Crippen molar-refractivity contribution >= 4 is 21.7 Å². The van der Waals surface area contributed by atoms with Gasteiger partial charge < -0.3 is 5.73 Å². The fourth-order valence-electron chi connectivity index (χ4n) is 2.93. The first-order chi connectivity index (χ1) is 14.0. The SMILES string of the molecule is CC(C)(c1ncccc1S(C)(=O)=O)N(O)c1ncc(-c2cccc(C(N)=O)c2)cn1. The quantitative estimate of drug-likeness (QED) is 0.571. The number of amides is 1. The second-order valence-corrected chi connectivity index (χ2v) is 9.19. The summed E-state index contributed by atoms with van der Waals surface area (Å²) in [5.74, 6) is -0.588. The summed E-state index contributed by atoms with van der Waals surface area (Å²) in [6, 6.07) is 9.64. The summed E-state index contributed by atoms with van der Waals surface area (Å²) >= 11 is 0. The number of hydroxylamine groups is 1. The molecule has 0 fully saturated rings. The zero-order chi connectivity index (χ0) is 22.1. The Balaban J connectivity index is 1.96. The Morgan fingerprint density at radius 2 is 1.73 bits per heavy atom. The van der Waals surface area contributed by atoms with Crippen LogP contribution >= 0.6 is 0 Å². The zero-order valence-corrected chi connectivity index (χ0v) is 17.5. The van der Waals surface area contributed by atoms with Crippen LogP contribution in [0.15, 0.2) is 59.9 Å². The van der Waals surface area contributed by atoms with Crippen LogP contribution in [-0.2, 0) is 15.4 Å². The van der Waals surface area contributed by atoms with Crippen LogP contribution in [0.5, 0.6) is 0 Å². The van der Waals surface area contributed by atoms with Crippen molar-refractivity contribution in [2.24, 2.45) is 5.73 Å². The van der Waals surface area contributed by atoms with Crippen molar-refractivity contribution < 1.29 is 18.4 Å². The van der Waals surface area contributed by atoms with Crippen molar-refractivity contribution in [2.75, 3.05) is 11.3 Å². The fourth-order valence-corrected chi connectivity index (χ4v) is 3.91. The molecule has 0 spiro atoms. The lowest BCUT2D eigenvalue weighted by Gasteiger charge is -2.33. The number of primary amides is 1. The number of hydrogen-bond donors (Lipinski definition) is 2. The van der Waals surface area contributed by atoms with E-state index in [1.54, 1.807) is 38.1 Å². The molecule has 156 valence electrons. The largest absolute Gasteiger partial charge is 0.366 e. The number of anilines is 1. The van der Waals surface area contributed by atoms with Crippen LogP contribution in [0, 0.1) is 0 Å². The van der Waals surface area contributed by atoms with E-state index in [9.17, 15) is 18.4 Å². The first-order valence-corrected chi connectivity index (χ1v) is 10.8. The van der Waals surface area contributed by atoms with Crippen LogP contribution in [0.4, 0.5) is 5.95 Å². The topological polar surface area (TPSA) is 139 Å². The van der Waals surface area contributed by atoms with Crippen molar-refractivity contribution in [2.45, 2.75) is 24.3 Å². The molecule has 10 heteroatoms. The van der Waals surface area contributed by atoms with E-state index in [2.05, 4.69) is 15.0 Å². The third kappa shape index (κ3) is 4.14. The first-order valence-electron chi connectivity index (χ1n) is 8.89. The number of benzene rings is 1. The number of carbonyl (C=O) groups is 1. The Labute approximate surface area is 174 Å². The van der Waals surface area contributed by atoms with Crippen LogP contribution in [0.25, 0.3) is 11.1 Å². The molecule has 0 unspecified atom stereocenters. The normalized spacial score (nSPS) is 11.9. The summed E-state index contributed by atoms with van der Waals surface area (Å²) in [7, 11) is -3.57. The maximum atomic E-state index is 12.1. The van der Waals surface area contributed by atoms with Gasteiger partial charge in [0.1, 0.15) is 5.54 Å². The van der Waals surface area contributed by atoms with Gasteiger partial charge in [-0.3, -0.25) is 15.0 Å². The van der Waals surface area contributed by atoms with Crippen LogP contribution in [0.3, 0.4) is 0 Å². The molecule has 0 aliphatic carbocycles. The molecule has 0 atom stereocenters. The molecule has 0 bridgehead atoms. The monoisotopic (exact) mass is 427 g/mol. The Morgan fingerprint density at radius 3 is 2.33 bits per heavy atom. The molecule has 2 heterocycles. The number of rotatable bonds is 6. The van der Waals surface area contributed by atoms with Crippen molar-refractivity contribution in [1.82, 2.24) is 15.0 Å². The Morgan fingerprint density at radius 1 is 1.07 bits per heavy atom. The molecule has 1 amide bonds. The predicted octanol–water partition coefficient (Wildman–Crippen LogP) is 2.17. The van der Waals surface area contributed by atoms with E-state index in [1.165, 1.54) is 30.7 Å². The molecule has 2 aromatic heterocycles. The molecule has 3 rings (SSSR count). The molecular formula is C20H21N5O4S. The number of pyridine rings is 1. The minimum absolute atomic E-state index is 0.00827. The second-order valence-electron chi connectivity index (χ2n) is 7.21. The molecule has 0 saturated carbocycles. The molecule has 3 aromatic rings. The maximum absolute atomic E-state index is 12.1. The van der Waals surface area contributed by atoms with E-state index in [-0.39, 0.29) is 16.5 Å². The number of hydrogen-bond acceptors (Lipinski definition) is 8. The van der Waals surface area contributed by atoms with Gasteiger partial charge in [-0.2, -0.15) is 0 Å². The first kappa shape index (κ1) is 21.3. The summed E-state index contributed by atoms with van der Waals surface area (Å²) in [4.78, 5) is 23.9. The van der Waals surface area contributed by atoms with Gasteiger partial charge >= 0.3 is 0 Å². The summed E-state index contributed by atoms with van der Waals surface area (Å²) in [5.41, 5.74) is 5.88. The number of nitrogens with two attached hydrogens (primary N) is 1. The van der Waals surface area contributed by atoms with Crippen LogP contribution in [0.1, 0.15) is 29.9 Å². The van der Waals surface area contributed by atoms with E-state index in [1.807, 2.05) is 0 Å². The summed E-state index contributed by atoms with van der Waals surface area (Å²) < 4.78 is 24.3. The third-order valence-corrected chi connectivity index (χ3v) is 5.72. The van der Waals surface area contributed by atoms with Gasteiger partial charge in [-0.25, -0.2) is 23.4 Å². The highest BCUT2D eigenvalue weighted by atomic mass is 32.2. The molecular weight excluding hydrogens is 406 g/mol. The van der Waals surface area contributed by atoms with E-state index in [4.69, 9.17) is 5.73 Å². The number of carbonyl (C=O) groups excluding carboxylic acids is 1. The number of sulfone groups is 1. The van der Waals surface area contributed by atoms with E-state index in [0.29, 0.717) is 16.7 Å². The van der Waals surface area contributed by atoms with Gasteiger partial charge in [-0.05, 0) is 43.7 Å². The number of nitrogens with zero attached hydrogens (tertiary/aromatic N) is 4. The van der Waals surface area contributed by atoms with E-state index in [0.717, 1.165) is 11.3 Å². The lowest BCUT2D eigenvalue weighted by molar-refractivity contribution is 0.100. The van der Waals surface area contributed by atoms with Crippen LogP contribution in [0.2, 0.25) is 0 Å². The maximum Gasteiger partial charge on any atom is 0.250 e. The fraction of sp³-hybridized carbons (Fsp3) is 0.200. The predicted molar refractivity (Wildman–Crippen MR) is 111 cm³/mol. The Hall–Kier alpha value is -3.37. The van der Waals surface area contributed by atoms with Gasteiger partial charge in [-0.15, -0.1) is 0 Å². The van der Waals surface area contributed by atoms with Crippen molar-refractivity contribution in [1.29, 1.82) is 0 Å². The molecule has 1 aromatic carbocycles. The van der Waals surface area contributed by atoms with Gasteiger partial charge in [0.2, 0.25) is 11.9 Å². The standard InChI is InChI=1S/C20H21N5O4S/c1-20(2,17-16(30(3,28)29)8-5-9-22-17)25(27)19-23-11-15(12-24-19)13-6-4-7-14(10-13)18(21)26/h4-12,27H,1-3H3,(H2,21,26). The highest BCUT2D eigenvalue weighted by Crippen LogP contribution is 2.32. The number of aromatic nitrogens is 3. The molecule has 0 saturated heterocycles. The van der Waals surface area contributed by atoms with Crippen molar-refractivity contribution in [3.05, 3.63) is 66.2 Å². The van der Waals surface area contributed by atoms with Crippen LogP contribution in [-0.4, -0.2) is 40.7 Å². The van der Waals surface area contributed by atoms with E-state index >= 15 is 0 Å². The Bertz CT molecular complexity index is 1190. The van der Waals surface area contributed by atoms with Gasteiger partial charge in [0.25, 0.3) is 0 Å². The highest BCUT2D eigenvalue weighted by Gasteiger charge is 2.35. The molecule has 0 aliphatic heterocycles. The Kier molecular flexibility index (Phi) is 5.55. The summed E-state index contributed by atoms with van der Waals surface area (Å²) in [6.07, 6.45) is 5.50. The average Bonchev–Trinajstić information content (AvgIpc) is 2.72. The van der Waals surface area contributed by atoms with Gasteiger partial charge in [0.05, 0.1) is 10.6 Å². The summed E-state index contributed by atoms with van der Waals surface area (Å²) in [6.45, 7) is 3.22. The van der Waals surface area contributed by atoms with Gasteiger partial charge in [-0.1, -0.05) is 12.1 Å². The summed E-state index contributed by atoms with van der Waals surface area (Å²) in [5, 5.41) is 11.6. The van der Waals surface area contributed by atoms with Crippen molar-refractivity contribution in [3.63, 3.8) is 0 Å². The van der Waals surface area contributed by atoms with Crippen LogP contribution < -0.4 is 10.8 Å². The molecule has 30 heavy (non-hydrogen) atoms. The molecule has 9 nitrogen and oxygen atoms in total. The molecule has 0 aliphatic rings. The highest BCUT2D eigenvalue weighted by molar-refractivity contribution is 7.90. The van der Waals surface area contributed by atoms with Gasteiger partial charge in [0, 0.05) is 36.0 Å². The van der Waals surface area contributed by atoms with Crippen molar-refractivity contribution in [3.8, 4) is 11.1 Å². The zero-order valence-electron chi connectivity index (χ0n) is 16.6. The minimum atomic E-state index is -3.57. The average molecular weight is 427 g/mol. The van der Waals surface area contributed by atoms with E-state index < -0.39 is 21.3 Å². The smallest absolute Gasteiger partial charge is 0.250 e. The minimum Gasteiger partial charge on any atom is -0.366 e. The van der Waals surface area contributed by atoms with Gasteiger partial charge in [0.15, 0.2) is 9.84 Å². The molecule has 0 radical (unpaired) electrons. The third-order valence-electron chi connectivity index (χ3n) is 4.59. The second kappa shape index (κ2) is 7.81. The molecule has 3 N–H and O–H groups in total.